The highest BCUT2D eigenvalue weighted by Crippen LogP contribution is 2.28. The van der Waals surface area contributed by atoms with Crippen molar-refractivity contribution in [3.05, 3.63) is 70.3 Å². The molecule has 2 nitrogen and oxygen atoms in total. The zero-order chi connectivity index (χ0) is 11.8. The highest BCUT2D eigenvalue weighted by molar-refractivity contribution is 6.13. The molecule has 0 fully saturated rings. The standard InChI is InChI=1S/C15H10O2/c16-9-11-5-3-7-13-14(11)8-10-4-1-2-6-12(10)15(13)17/h1-7,9H,8H2. The van der Waals surface area contributed by atoms with Crippen molar-refractivity contribution >= 4 is 12.1 Å². The fourth-order valence-corrected chi connectivity index (χ4v) is 2.36. The van der Waals surface area contributed by atoms with Crippen molar-refractivity contribution in [3.8, 4) is 0 Å². The third-order valence-corrected chi connectivity index (χ3v) is 3.21. The summed E-state index contributed by atoms with van der Waals surface area (Å²) in [4.78, 5) is 23.2. The second kappa shape index (κ2) is 3.67. The van der Waals surface area contributed by atoms with Gasteiger partial charge < -0.3 is 0 Å². The highest BCUT2D eigenvalue weighted by Gasteiger charge is 2.24. The van der Waals surface area contributed by atoms with Crippen LogP contribution in [-0.4, -0.2) is 12.1 Å². The van der Waals surface area contributed by atoms with Crippen LogP contribution in [0.4, 0.5) is 0 Å². The number of hydrogen-bond donors (Lipinski definition) is 0. The number of carbonyl (C=O) groups excluding carboxylic acids is 2. The van der Waals surface area contributed by atoms with Crippen molar-refractivity contribution in [3.63, 3.8) is 0 Å². The fourth-order valence-electron chi connectivity index (χ4n) is 2.36. The van der Waals surface area contributed by atoms with E-state index in [1.807, 2.05) is 24.3 Å². The third kappa shape index (κ3) is 1.41. The maximum absolute atomic E-state index is 12.3. The van der Waals surface area contributed by atoms with E-state index in [4.69, 9.17) is 0 Å². The molecule has 82 valence electrons. The van der Waals surface area contributed by atoms with Gasteiger partial charge in [0, 0.05) is 16.7 Å². The molecule has 2 aromatic rings. The second-order valence-corrected chi connectivity index (χ2v) is 4.15. The van der Waals surface area contributed by atoms with E-state index in [9.17, 15) is 9.59 Å². The molecular formula is C15H10O2. The first-order valence-electron chi connectivity index (χ1n) is 5.51. The van der Waals surface area contributed by atoms with E-state index < -0.39 is 0 Å². The Morgan fingerprint density at radius 1 is 0.941 bits per heavy atom. The normalized spacial score (nSPS) is 12.8. The zero-order valence-electron chi connectivity index (χ0n) is 9.14. The lowest BCUT2D eigenvalue weighted by Crippen LogP contribution is -2.16. The molecule has 0 saturated heterocycles. The Balaban J connectivity index is 2.26. The monoisotopic (exact) mass is 222 g/mol. The molecule has 2 heteroatoms. The van der Waals surface area contributed by atoms with E-state index in [2.05, 4.69) is 0 Å². The molecule has 1 aliphatic rings. The summed E-state index contributed by atoms with van der Waals surface area (Å²) in [5, 5.41) is 0. The Labute approximate surface area is 98.9 Å². The molecule has 3 rings (SSSR count). The zero-order valence-corrected chi connectivity index (χ0v) is 9.14. The highest BCUT2D eigenvalue weighted by atomic mass is 16.1. The molecule has 2 aromatic carbocycles. The van der Waals surface area contributed by atoms with Crippen LogP contribution in [0.2, 0.25) is 0 Å². The van der Waals surface area contributed by atoms with Crippen LogP contribution in [0, 0.1) is 0 Å². The molecule has 0 radical (unpaired) electrons. The molecule has 17 heavy (non-hydrogen) atoms. The number of hydrogen-bond acceptors (Lipinski definition) is 2. The number of fused-ring (bicyclic) bond motifs is 2. The Bertz CT molecular complexity index is 627. The first kappa shape index (κ1) is 9.97. The maximum Gasteiger partial charge on any atom is 0.193 e. The van der Waals surface area contributed by atoms with E-state index >= 15 is 0 Å². The summed E-state index contributed by atoms with van der Waals surface area (Å²) in [6.07, 6.45) is 1.48. The minimum absolute atomic E-state index is 0.0190. The molecule has 1 aliphatic carbocycles. The molecule has 0 amide bonds. The summed E-state index contributed by atoms with van der Waals surface area (Å²) in [7, 11) is 0. The summed E-state index contributed by atoms with van der Waals surface area (Å²) < 4.78 is 0. The fraction of sp³-hybridized carbons (Fsp3) is 0.0667. The molecule has 0 unspecified atom stereocenters. The van der Waals surface area contributed by atoms with Crippen LogP contribution in [-0.2, 0) is 6.42 Å². The van der Waals surface area contributed by atoms with Gasteiger partial charge in [0.25, 0.3) is 0 Å². The summed E-state index contributed by atoms with van der Waals surface area (Å²) in [5.41, 5.74) is 3.88. The minimum atomic E-state index is 0.0190. The molecule has 0 bridgehead atoms. The van der Waals surface area contributed by atoms with E-state index in [1.54, 1.807) is 18.2 Å². The Kier molecular flexibility index (Phi) is 2.15. The van der Waals surface area contributed by atoms with Crippen molar-refractivity contribution in [1.82, 2.24) is 0 Å². The second-order valence-electron chi connectivity index (χ2n) is 4.15. The van der Waals surface area contributed by atoms with Crippen LogP contribution in [0.1, 0.15) is 37.4 Å². The van der Waals surface area contributed by atoms with Gasteiger partial charge in [-0.3, -0.25) is 9.59 Å². The van der Waals surface area contributed by atoms with Crippen molar-refractivity contribution < 1.29 is 9.59 Å². The van der Waals surface area contributed by atoms with Gasteiger partial charge in [0.2, 0.25) is 0 Å². The summed E-state index contributed by atoms with van der Waals surface area (Å²) in [6.45, 7) is 0. The van der Waals surface area contributed by atoms with Gasteiger partial charge >= 0.3 is 0 Å². The SMILES string of the molecule is O=Cc1cccc2c1Cc1ccccc1C2=O. The van der Waals surface area contributed by atoms with Crippen molar-refractivity contribution in [2.45, 2.75) is 6.42 Å². The topological polar surface area (TPSA) is 34.1 Å². The number of ketones is 1. The van der Waals surface area contributed by atoms with E-state index in [0.717, 1.165) is 23.0 Å². The largest absolute Gasteiger partial charge is 0.298 e. The number of carbonyl (C=O) groups is 2. The summed E-state index contributed by atoms with van der Waals surface area (Å²) >= 11 is 0. The Morgan fingerprint density at radius 2 is 1.71 bits per heavy atom. The molecule has 0 atom stereocenters. The lowest BCUT2D eigenvalue weighted by Gasteiger charge is -2.19. The number of benzene rings is 2. The van der Waals surface area contributed by atoms with E-state index in [-0.39, 0.29) is 5.78 Å². The summed E-state index contributed by atoms with van der Waals surface area (Å²) in [5.74, 6) is 0.0190. The average Bonchev–Trinajstić information content (AvgIpc) is 2.38. The van der Waals surface area contributed by atoms with Crippen LogP contribution in [0.5, 0.6) is 0 Å². The maximum atomic E-state index is 12.3. The Morgan fingerprint density at radius 3 is 2.53 bits per heavy atom. The average molecular weight is 222 g/mol. The van der Waals surface area contributed by atoms with Crippen molar-refractivity contribution in [2.75, 3.05) is 0 Å². The quantitative estimate of drug-likeness (QED) is 0.593. The third-order valence-electron chi connectivity index (χ3n) is 3.21. The van der Waals surface area contributed by atoms with Gasteiger partial charge in [-0.1, -0.05) is 42.5 Å². The predicted octanol–water partition coefficient (Wildman–Crippen LogP) is 2.63. The molecule has 0 aromatic heterocycles. The molecule has 0 aliphatic heterocycles. The van der Waals surface area contributed by atoms with Crippen LogP contribution >= 0.6 is 0 Å². The molecular weight excluding hydrogens is 212 g/mol. The molecule has 0 N–H and O–H groups in total. The first-order valence-corrected chi connectivity index (χ1v) is 5.51. The van der Waals surface area contributed by atoms with Crippen molar-refractivity contribution in [2.24, 2.45) is 0 Å². The van der Waals surface area contributed by atoms with Crippen LogP contribution in [0.3, 0.4) is 0 Å². The van der Waals surface area contributed by atoms with Crippen LogP contribution in [0.15, 0.2) is 42.5 Å². The van der Waals surface area contributed by atoms with E-state index in [0.29, 0.717) is 17.5 Å². The van der Waals surface area contributed by atoms with Gasteiger partial charge in [-0.25, -0.2) is 0 Å². The smallest absolute Gasteiger partial charge is 0.193 e. The first-order chi connectivity index (χ1) is 8.31. The van der Waals surface area contributed by atoms with Gasteiger partial charge in [0.05, 0.1) is 0 Å². The van der Waals surface area contributed by atoms with Gasteiger partial charge in [-0.05, 0) is 17.5 Å². The minimum Gasteiger partial charge on any atom is -0.298 e. The predicted molar refractivity (Wildman–Crippen MR) is 64.5 cm³/mol. The van der Waals surface area contributed by atoms with E-state index in [1.165, 1.54) is 0 Å². The van der Waals surface area contributed by atoms with Gasteiger partial charge in [0.1, 0.15) is 6.29 Å². The van der Waals surface area contributed by atoms with Gasteiger partial charge in [-0.2, -0.15) is 0 Å². The summed E-state index contributed by atoms with van der Waals surface area (Å²) in [6, 6.07) is 12.9. The van der Waals surface area contributed by atoms with Crippen molar-refractivity contribution in [1.29, 1.82) is 0 Å². The van der Waals surface area contributed by atoms with Crippen LogP contribution in [0.25, 0.3) is 0 Å². The van der Waals surface area contributed by atoms with Crippen LogP contribution < -0.4 is 0 Å². The lowest BCUT2D eigenvalue weighted by atomic mass is 9.83. The Hall–Kier alpha value is -2.22. The molecule has 0 saturated carbocycles. The van der Waals surface area contributed by atoms with Gasteiger partial charge in [-0.15, -0.1) is 0 Å². The molecule has 0 heterocycles. The number of aldehydes is 1. The molecule has 0 spiro atoms. The number of rotatable bonds is 1. The lowest BCUT2D eigenvalue weighted by molar-refractivity contribution is 0.103. The van der Waals surface area contributed by atoms with Gasteiger partial charge in [0.15, 0.2) is 5.78 Å².